The van der Waals surface area contributed by atoms with E-state index in [0.29, 0.717) is 6.04 Å². The molecule has 0 aliphatic carbocycles. The highest BCUT2D eigenvalue weighted by Gasteiger charge is 2.31. The summed E-state index contributed by atoms with van der Waals surface area (Å²) in [4.78, 5) is 2.67. The van der Waals surface area contributed by atoms with Gasteiger partial charge in [0.15, 0.2) is 0 Å². The van der Waals surface area contributed by atoms with Crippen LogP contribution in [-0.2, 0) is 0 Å². The van der Waals surface area contributed by atoms with Crippen LogP contribution in [0.4, 0.5) is 0 Å². The van der Waals surface area contributed by atoms with Gasteiger partial charge in [-0.3, -0.25) is 4.90 Å². The number of piperidine rings is 2. The van der Waals surface area contributed by atoms with Crippen LogP contribution in [0.1, 0.15) is 38.5 Å². The van der Waals surface area contributed by atoms with E-state index < -0.39 is 0 Å². The Morgan fingerprint density at radius 2 is 1.92 bits per heavy atom. The summed E-state index contributed by atoms with van der Waals surface area (Å²) in [6.45, 7) is 1.31. The molecule has 70 valence electrons. The zero-order valence-electron chi connectivity index (χ0n) is 7.64. The molecule has 0 saturated carbocycles. The maximum absolute atomic E-state index is 5.96. The van der Waals surface area contributed by atoms with Crippen LogP contribution in [0.25, 0.3) is 0 Å². The van der Waals surface area contributed by atoms with E-state index in [0.717, 1.165) is 11.9 Å². The SMILES string of the molecule is ClC[C@H]1CCC[C@H]2CCCCN21. The molecule has 2 heteroatoms. The summed E-state index contributed by atoms with van der Waals surface area (Å²) in [5.74, 6) is 0.844. The molecule has 2 aliphatic rings. The van der Waals surface area contributed by atoms with Crippen LogP contribution in [0.2, 0.25) is 0 Å². The first-order valence-corrected chi connectivity index (χ1v) is 5.77. The standard InChI is InChI=1S/C10H18ClN/c11-8-10-6-3-5-9-4-1-2-7-12(9)10/h9-10H,1-8H2/t9-,10-/m1/s1. The predicted molar refractivity (Wildman–Crippen MR) is 52.7 cm³/mol. The van der Waals surface area contributed by atoms with E-state index in [1.165, 1.54) is 45.1 Å². The second-order valence-corrected chi connectivity index (χ2v) is 4.44. The van der Waals surface area contributed by atoms with E-state index in [1.807, 2.05) is 0 Å². The molecule has 0 bridgehead atoms. The average Bonchev–Trinajstić information content (AvgIpc) is 2.17. The van der Waals surface area contributed by atoms with Crippen LogP contribution >= 0.6 is 11.6 Å². The molecule has 0 radical (unpaired) electrons. The van der Waals surface area contributed by atoms with Crippen molar-refractivity contribution < 1.29 is 0 Å². The van der Waals surface area contributed by atoms with E-state index in [9.17, 15) is 0 Å². The van der Waals surface area contributed by atoms with Crippen molar-refractivity contribution in [2.24, 2.45) is 0 Å². The molecule has 2 saturated heterocycles. The summed E-state index contributed by atoms with van der Waals surface area (Å²) in [6, 6.07) is 1.59. The van der Waals surface area contributed by atoms with E-state index in [1.54, 1.807) is 0 Å². The topological polar surface area (TPSA) is 3.24 Å². The molecule has 2 aliphatic heterocycles. The molecule has 2 rings (SSSR count). The third-order valence-electron chi connectivity index (χ3n) is 3.39. The van der Waals surface area contributed by atoms with E-state index >= 15 is 0 Å². The molecule has 0 unspecified atom stereocenters. The monoisotopic (exact) mass is 187 g/mol. The minimum Gasteiger partial charge on any atom is -0.296 e. The largest absolute Gasteiger partial charge is 0.296 e. The van der Waals surface area contributed by atoms with Gasteiger partial charge >= 0.3 is 0 Å². The van der Waals surface area contributed by atoms with Gasteiger partial charge in [-0.1, -0.05) is 12.8 Å². The van der Waals surface area contributed by atoms with Gasteiger partial charge in [-0.15, -0.1) is 11.6 Å². The summed E-state index contributed by atoms with van der Waals surface area (Å²) in [6.07, 6.45) is 8.42. The van der Waals surface area contributed by atoms with Crippen molar-refractivity contribution in [3.63, 3.8) is 0 Å². The van der Waals surface area contributed by atoms with Gasteiger partial charge in [0.1, 0.15) is 0 Å². The fraction of sp³-hybridized carbons (Fsp3) is 1.00. The highest BCUT2D eigenvalue weighted by atomic mass is 35.5. The first-order valence-electron chi connectivity index (χ1n) is 5.23. The normalized spacial score (nSPS) is 37.8. The van der Waals surface area contributed by atoms with Crippen molar-refractivity contribution in [2.45, 2.75) is 50.6 Å². The molecular formula is C10H18ClN. The molecule has 12 heavy (non-hydrogen) atoms. The highest BCUT2D eigenvalue weighted by molar-refractivity contribution is 6.18. The zero-order valence-corrected chi connectivity index (χ0v) is 8.39. The lowest BCUT2D eigenvalue weighted by atomic mass is 9.89. The molecule has 2 heterocycles. The molecule has 1 nitrogen and oxygen atoms in total. The fourth-order valence-corrected chi connectivity index (χ4v) is 3.07. The third-order valence-corrected chi connectivity index (χ3v) is 3.75. The van der Waals surface area contributed by atoms with Crippen molar-refractivity contribution in [2.75, 3.05) is 12.4 Å². The van der Waals surface area contributed by atoms with Crippen molar-refractivity contribution in [1.29, 1.82) is 0 Å². The summed E-state index contributed by atoms with van der Waals surface area (Å²) >= 11 is 5.96. The Morgan fingerprint density at radius 1 is 1.08 bits per heavy atom. The molecular weight excluding hydrogens is 170 g/mol. The molecule has 0 aromatic heterocycles. The summed E-state index contributed by atoms with van der Waals surface area (Å²) in [7, 11) is 0. The van der Waals surface area contributed by atoms with E-state index in [-0.39, 0.29) is 0 Å². The Balaban J connectivity index is 1.99. The highest BCUT2D eigenvalue weighted by Crippen LogP contribution is 2.30. The lowest BCUT2D eigenvalue weighted by Gasteiger charge is -2.44. The van der Waals surface area contributed by atoms with Crippen molar-refractivity contribution in [3.8, 4) is 0 Å². The Morgan fingerprint density at radius 3 is 2.75 bits per heavy atom. The Labute approximate surface area is 80.1 Å². The maximum atomic E-state index is 5.96. The number of alkyl halides is 1. The van der Waals surface area contributed by atoms with Crippen LogP contribution < -0.4 is 0 Å². The minimum atomic E-state index is 0.700. The first-order chi connectivity index (χ1) is 5.92. The van der Waals surface area contributed by atoms with Crippen LogP contribution in [0.3, 0.4) is 0 Å². The summed E-state index contributed by atoms with van der Waals surface area (Å²) in [5, 5.41) is 0. The van der Waals surface area contributed by atoms with Gasteiger partial charge < -0.3 is 0 Å². The number of hydrogen-bond acceptors (Lipinski definition) is 1. The summed E-state index contributed by atoms with van der Waals surface area (Å²) in [5.41, 5.74) is 0. The number of halogens is 1. The molecule has 2 atom stereocenters. The maximum Gasteiger partial charge on any atom is 0.0379 e. The Kier molecular flexibility index (Phi) is 2.92. The van der Waals surface area contributed by atoms with Crippen molar-refractivity contribution in [1.82, 2.24) is 4.90 Å². The Hall–Kier alpha value is 0.250. The molecule has 0 spiro atoms. The van der Waals surface area contributed by atoms with E-state index in [4.69, 9.17) is 11.6 Å². The van der Waals surface area contributed by atoms with Gasteiger partial charge in [-0.05, 0) is 32.2 Å². The van der Waals surface area contributed by atoms with Crippen molar-refractivity contribution in [3.05, 3.63) is 0 Å². The zero-order chi connectivity index (χ0) is 8.39. The molecule has 0 aromatic carbocycles. The number of nitrogens with zero attached hydrogens (tertiary/aromatic N) is 1. The van der Waals surface area contributed by atoms with E-state index in [2.05, 4.69) is 4.90 Å². The molecule has 0 amide bonds. The number of fused-ring (bicyclic) bond motifs is 1. The molecule has 0 aromatic rings. The molecule has 2 fully saturated rings. The third kappa shape index (κ3) is 1.62. The van der Waals surface area contributed by atoms with Crippen LogP contribution in [0.15, 0.2) is 0 Å². The van der Waals surface area contributed by atoms with Gasteiger partial charge in [0.25, 0.3) is 0 Å². The van der Waals surface area contributed by atoms with Crippen LogP contribution in [0, 0.1) is 0 Å². The smallest absolute Gasteiger partial charge is 0.0379 e. The summed E-state index contributed by atoms with van der Waals surface area (Å²) < 4.78 is 0. The first kappa shape index (κ1) is 8.83. The lowest BCUT2D eigenvalue weighted by molar-refractivity contribution is 0.0630. The van der Waals surface area contributed by atoms with Gasteiger partial charge in [0.2, 0.25) is 0 Å². The number of hydrogen-bond donors (Lipinski definition) is 0. The second kappa shape index (κ2) is 3.97. The Bertz CT molecular complexity index is 140. The van der Waals surface area contributed by atoms with Gasteiger partial charge in [0, 0.05) is 18.0 Å². The average molecular weight is 188 g/mol. The van der Waals surface area contributed by atoms with Gasteiger partial charge in [0.05, 0.1) is 0 Å². The quantitative estimate of drug-likeness (QED) is 0.571. The van der Waals surface area contributed by atoms with Gasteiger partial charge in [-0.25, -0.2) is 0 Å². The van der Waals surface area contributed by atoms with Crippen LogP contribution in [-0.4, -0.2) is 29.4 Å². The molecule has 0 N–H and O–H groups in total. The lowest BCUT2D eigenvalue weighted by Crippen LogP contribution is -2.49. The minimum absolute atomic E-state index is 0.700. The second-order valence-electron chi connectivity index (χ2n) is 4.13. The van der Waals surface area contributed by atoms with Crippen molar-refractivity contribution >= 4 is 11.6 Å². The van der Waals surface area contributed by atoms with Crippen LogP contribution in [0.5, 0.6) is 0 Å². The number of rotatable bonds is 1. The van der Waals surface area contributed by atoms with Gasteiger partial charge in [-0.2, -0.15) is 0 Å². The predicted octanol–water partition coefficient (Wildman–Crippen LogP) is 2.63. The fourth-order valence-electron chi connectivity index (χ4n) is 2.73.